The normalized spacial score (nSPS) is 27.8. The van der Waals surface area contributed by atoms with Crippen LogP contribution in [-0.2, 0) is 9.53 Å². The molecule has 0 spiro atoms. The summed E-state index contributed by atoms with van der Waals surface area (Å²) in [6.45, 7) is 3.46. The third-order valence-corrected chi connectivity index (χ3v) is 4.47. The van der Waals surface area contributed by atoms with Gasteiger partial charge in [-0.25, -0.2) is 0 Å². The van der Waals surface area contributed by atoms with Crippen LogP contribution < -0.4 is 0 Å². The Morgan fingerprint density at radius 3 is 2.84 bits per heavy atom. The second-order valence-corrected chi connectivity index (χ2v) is 6.29. The van der Waals surface area contributed by atoms with Crippen molar-refractivity contribution in [2.75, 3.05) is 20.2 Å². The number of hydrogen-bond donors (Lipinski definition) is 0. The predicted molar refractivity (Wildman–Crippen MR) is 74.3 cm³/mol. The summed E-state index contributed by atoms with van der Waals surface area (Å²) in [4.78, 5) is 14.2. The van der Waals surface area contributed by atoms with Gasteiger partial charge in [0.05, 0.1) is 18.7 Å². The van der Waals surface area contributed by atoms with Gasteiger partial charge in [-0.2, -0.15) is 0 Å². The van der Waals surface area contributed by atoms with Crippen LogP contribution in [0.25, 0.3) is 0 Å². The number of rotatable bonds is 3. The smallest absolute Gasteiger partial charge is 0.226 e. The van der Waals surface area contributed by atoms with Crippen LogP contribution in [0.4, 0.5) is 0 Å². The van der Waals surface area contributed by atoms with Crippen LogP contribution >= 0.6 is 11.6 Å². The molecule has 1 aliphatic heterocycles. The third-order valence-electron chi connectivity index (χ3n) is 4.24. The van der Waals surface area contributed by atoms with Crippen LogP contribution in [0.15, 0.2) is 24.3 Å². The molecule has 0 N–H and O–H groups in total. The highest BCUT2D eigenvalue weighted by molar-refractivity contribution is 6.30. The number of amides is 1. The standard InChI is InChI=1S/C15H18ClNO2/c1-15(19-2)8-17(9-15)14(18)13-7-12(13)10-4-3-5-11(16)6-10/h3-6,12-13H,7-9H2,1-2H3/t12-,13+/m1/s1. The van der Waals surface area contributed by atoms with Crippen molar-refractivity contribution in [1.29, 1.82) is 0 Å². The molecule has 4 heteroatoms. The van der Waals surface area contributed by atoms with E-state index in [-0.39, 0.29) is 17.4 Å². The van der Waals surface area contributed by atoms with Crippen LogP contribution in [-0.4, -0.2) is 36.6 Å². The van der Waals surface area contributed by atoms with E-state index >= 15 is 0 Å². The summed E-state index contributed by atoms with van der Waals surface area (Å²) in [6.07, 6.45) is 0.944. The maximum absolute atomic E-state index is 12.3. The second-order valence-electron chi connectivity index (χ2n) is 5.85. The molecule has 1 aliphatic carbocycles. The average molecular weight is 280 g/mol. The first kappa shape index (κ1) is 12.9. The first-order valence-corrected chi connectivity index (χ1v) is 7.00. The van der Waals surface area contributed by atoms with Gasteiger partial charge in [-0.1, -0.05) is 23.7 Å². The molecular formula is C15H18ClNO2. The van der Waals surface area contributed by atoms with Gasteiger partial charge in [-0.3, -0.25) is 4.79 Å². The molecule has 2 fully saturated rings. The van der Waals surface area contributed by atoms with Crippen LogP contribution in [0.1, 0.15) is 24.8 Å². The Morgan fingerprint density at radius 1 is 1.47 bits per heavy atom. The van der Waals surface area contributed by atoms with Crippen molar-refractivity contribution in [3.8, 4) is 0 Å². The van der Waals surface area contributed by atoms with Gasteiger partial charge in [0.1, 0.15) is 0 Å². The van der Waals surface area contributed by atoms with Gasteiger partial charge in [0, 0.05) is 18.1 Å². The van der Waals surface area contributed by atoms with E-state index in [9.17, 15) is 4.79 Å². The van der Waals surface area contributed by atoms with Crippen molar-refractivity contribution in [1.82, 2.24) is 4.90 Å². The summed E-state index contributed by atoms with van der Waals surface area (Å²) in [5, 5.41) is 0.742. The van der Waals surface area contributed by atoms with E-state index in [2.05, 4.69) is 6.07 Å². The molecule has 0 radical (unpaired) electrons. The van der Waals surface area contributed by atoms with Gasteiger partial charge in [0.15, 0.2) is 0 Å². The molecule has 0 unspecified atom stereocenters. The number of likely N-dealkylation sites (tertiary alicyclic amines) is 1. The average Bonchev–Trinajstić information content (AvgIpc) is 3.14. The van der Waals surface area contributed by atoms with Gasteiger partial charge in [-0.15, -0.1) is 0 Å². The molecule has 102 valence electrons. The molecular weight excluding hydrogens is 262 g/mol. The Hall–Kier alpha value is -1.06. The molecule has 0 aromatic heterocycles. The summed E-state index contributed by atoms with van der Waals surface area (Å²) < 4.78 is 5.37. The van der Waals surface area contributed by atoms with Crippen LogP contribution in [0, 0.1) is 5.92 Å². The van der Waals surface area contributed by atoms with Crippen molar-refractivity contribution in [2.24, 2.45) is 5.92 Å². The van der Waals surface area contributed by atoms with Crippen molar-refractivity contribution < 1.29 is 9.53 Å². The zero-order valence-corrected chi connectivity index (χ0v) is 12.0. The number of ether oxygens (including phenoxy) is 1. The maximum Gasteiger partial charge on any atom is 0.226 e. The second kappa shape index (κ2) is 4.50. The monoisotopic (exact) mass is 279 g/mol. The molecule has 2 atom stereocenters. The number of carbonyl (C=O) groups is 1. The van der Waals surface area contributed by atoms with E-state index in [4.69, 9.17) is 16.3 Å². The number of halogens is 1. The Morgan fingerprint density at radius 2 is 2.21 bits per heavy atom. The lowest BCUT2D eigenvalue weighted by molar-refractivity contribution is -0.159. The predicted octanol–water partition coefficient (Wildman–Crippen LogP) is 2.69. The minimum atomic E-state index is -0.143. The molecule has 1 saturated carbocycles. The van der Waals surface area contributed by atoms with Gasteiger partial charge >= 0.3 is 0 Å². The highest BCUT2D eigenvalue weighted by Gasteiger charge is 2.50. The van der Waals surface area contributed by atoms with Gasteiger partial charge in [-0.05, 0) is 37.0 Å². The van der Waals surface area contributed by atoms with Crippen molar-refractivity contribution in [2.45, 2.75) is 24.9 Å². The van der Waals surface area contributed by atoms with E-state index in [0.717, 1.165) is 11.4 Å². The summed E-state index contributed by atoms with van der Waals surface area (Å²) in [6, 6.07) is 7.83. The first-order valence-electron chi connectivity index (χ1n) is 6.62. The van der Waals surface area contributed by atoms with Gasteiger partial charge in [0.25, 0.3) is 0 Å². The van der Waals surface area contributed by atoms with Crippen LogP contribution in [0.2, 0.25) is 5.02 Å². The van der Waals surface area contributed by atoms with Crippen LogP contribution in [0.3, 0.4) is 0 Å². The Bertz CT molecular complexity index is 511. The third kappa shape index (κ3) is 2.37. The fourth-order valence-electron chi connectivity index (χ4n) is 2.85. The highest BCUT2D eigenvalue weighted by atomic mass is 35.5. The SMILES string of the molecule is COC1(C)CN(C(=O)[C@H]2C[C@@H]2c2cccc(Cl)c2)C1. The number of hydrogen-bond acceptors (Lipinski definition) is 2. The molecule has 1 heterocycles. The molecule has 1 amide bonds. The zero-order valence-electron chi connectivity index (χ0n) is 11.2. The topological polar surface area (TPSA) is 29.5 Å². The van der Waals surface area contributed by atoms with Crippen molar-refractivity contribution >= 4 is 17.5 Å². The lowest BCUT2D eigenvalue weighted by Gasteiger charge is -2.47. The highest BCUT2D eigenvalue weighted by Crippen LogP contribution is 2.49. The molecule has 2 aliphatic rings. The molecule has 0 bridgehead atoms. The fraction of sp³-hybridized carbons (Fsp3) is 0.533. The number of methoxy groups -OCH3 is 1. The van der Waals surface area contributed by atoms with E-state index < -0.39 is 0 Å². The summed E-state index contributed by atoms with van der Waals surface area (Å²) in [5.41, 5.74) is 1.04. The quantitative estimate of drug-likeness (QED) is 0.851. The lowest BCUT2D eigenvalue weighted by Crippen LogP contribution is -2.63. The number of benzene rings is 1. The molecule has 1 aromatic carbocycles. The van der Waals surface area contributed by atoms with E-state index in [0.29, 0.717) is 19.0 Å². The van der Waals surface area contributed by atoms with Crippen molar-refractivity contribution in [3.63, 3.8) is 0 Å². The Balaban J connectivity index is 1.60. The minimum absolute atomic E-state index is 0.139. The fourth-order valence-corrected chi connectivity index (χ4v) is 3.05. The van der Waals surface area contributed by atoms with Gasteiger partial charge < -0.3 is 9.64 Å². The van der Waals surface area contributed by atoms with E-state index in [1.165, 1.54) is 5.56 Å². The molecule has 3 nitrogen and oxygen atoms in total. The zero-order chi connectivity index (χ0) is 13.6. The first-order chi connectivity index (χ1) is 9.02. The van der Waals surface area contributed by atoms with Crippen molar-refractivity contribution in [3.05, 3.63) is 34.9 Å². The summed E-state index contributed by atoms with van der Waals surface area (Å²) in [7, 11) is 1.70. The Kier molecular flexibility index (Phi) is 3.06. The van der Waals surface area contributed by atoms with E-state index in [1.54, 1.807) is 7.11 Å². The number of carbonyl (C=O) groups excluding carboxylic acids is 1. The summed E-state index contributed by atoms with van der Waals surface area (Å²) >= 11 is 5.99. The minimum Gasteiger partial charge on any atom is -0.375 e. The summed E-state index contributed by atoms with van der Waals surface area (Å²) in [5.74, 6) is 0.750. The number of nitrogens with zero attached hydrogens (tertiary/aromatic N) is 1. The van der Waals surface area contributed by atoms with E-state index in [1.807, 2.05) is 30.0 Å². The molecule has 19 heavy (non-hydrogen) atoms. The molecule has 1 aromatic rings. The molecule has 3 rings (SSSR count). The Labute approximate surface area is 118 Å². The molecule has 1 saturated heterocycles. The largest absolute Gasteiger partial charge is 0.375 e. The lowest BCUT2D eigenvalue weighted by atomic mass is 9.95. The van der Waals surface area contributed by atoms with Gasteiger partial charge in [0.2, 0.25) is 5.91 Å². The maximum atomic E-state index is 12.3. The van der Waals surface area contributed by atoms with Crippen LogP contribution in [0.5, 0.6) is 0 Å².